The monoisotopic (exact) mass is 276 g/mol. The van der Waals surface area contributed by atoms with Gasteiger partial charge in [0.2, 0.25) is 5.88 Å². The zero-order valence-corrected chi connectivity index (χ0v) is 13.1. The minimum absolute atomic E-state index is 0.353. The number of pyridine rings is 1. The third kappa shape index (κ3) is 4.48. The summed E-state index contributed by atoms with van der Waals surface area (Å²) in [6, 6.07) is 4.51. The van der Waals surface area contributed by atoms with Gasteiger partial charge in [0.15, 0.2) is 0 Å². The van der Waals surface area contributed by atoms with Crippen LogP contribution in [0.3, 0.4) is 0 Å². The lowest BCUT2D eigenvalue weighted by molar-refractivity contribution is 0.130. The summed E-state index contributed by atoms with van der Waals surface area (Å²) in [5.74, 6) is 1.64. The van der Waals surface area contributed by atoms with Crippen LogP contribution in [0, 0.1) is 5.92 Å². The lowest BCUT2D eigenvalue weighted by atomic mass is 9.89. The van der Waals surface area contributed by atoms with E-state index in [0.29, 0.717) is 12.1 Å². The lowest BCUT2D eigenvalue weighted by Crippen LogP contribution is -2.24. The first kappa shape index (κ1) is 15.3. The van der Waals surface area contributed by atoms with Crippen molar-refractivity contribution in [3.63, 3.8) is 0 Å². The van der Waals surface area contributed by atoms with Crippen LogP contribution in [0.25, 0.3) is 0 Å². The molecule has 0 aliphatic heterocycles. The molecule has 1 aromatic heterocycles. The van der Waals surface area contributed by atoms with Crippen molar-refractivity contribution in [2.45, 2.75) is 65.0 Å². The van der Waals surface area contributed by atoms with Crippen LogP contribution in [0.15, 0.2) is 18.3 Å². The predicted molar refractivity (Wildman–Crippen MR) is 83.0 cm³/mol. The third-order valence-corrected chi connectivity index (χ3v) is 4.21. The van der Waals surface area contributed by atoms with E-state index < -0.39 is 0 Å². The summed E-state index contributed by atoms with van der Waals surface area (Å²) >= 11 is 0. The van der Waals surface area contributed by atoms with Gasteiger partial charge in [-0.3, -0.25) is 0 Å². The van der Waals surface area contributed by atoms with Gasteiger partial charge in [-0.2, -0.15) is 0 Å². The second kappa shape index (κ2) is 7.63. The zero-order valence-electron chi connectivity index (χ0n) is 13.1. The van der Waals surface area contributed by atoms with Crippen molar-refractivity contribution in [3.8, 4) is 5.88 Å². The number of nitrogens with one attached hydrogen (secondary N) is 1. The average Bonchev–Trinajstić information content (AvgIpc) is 2.47. The molecule has 1 aliphatic carbocycles. The van der Waals surface area contributed by atoms with Crippen LogP contribution in [0.2, 0.25) is 0 Å². The highest BCUT2D eigenvalue weighted by molar-refractivity contribution is 5.23. The number of aromatic nitrogens is 1. The molecule has 0 radical (unpaired) electrons. The van der Waals surface area contributed by atoms with Gasteiger partial charge in [0.25, 0.3) is 0 Å². The summed E-state index contributed by atoms with van der Waals surface area (Å²) in [5.41, 5.74) is 1.26. The maximum atomic E-state index is 6.06. The Labute approximate surface area is 123 Å². The Morgan fingerprint density at radius 3 is 2.80 bits per heavy atom. The van der Waals surface area contributed by atoms with E-state index >= 15 is 0 Å². The number of hydrogen-bond donors (Lipinski definition) is 1. The Balaban J connectivity index is 1.92. The largest absolute Gasteiger partial charge is 0.474 e. The fourth-order valence-electron chi connectivity index (χ4n) is 2.76. The van der Waals surface area contributed by atoms with E-state index in [9.17, 15) is 0 Å². The lowest BCUT2D eigenvalue weighted by Gasteiger charge is -2.26. The molecule has 1 N–H and O–H groups in total. The Kier molecular flexibility index (Phi) is 5.84. The van der Waals surface area contributed by atoms with Crippen LogP contribution >= 0.6 is 0 Å². The summed E-state index contributed by atoms with van der Waals surface area (Å²) in [6.07, 6.45) is 8.25. The van der Waals surface area contributed by atoms with Crippen LogP contribution in [0.5, 0.6) is 5.88 Å². The molecule has 112 valence electrons. The van der Waals surface area contributed by atoms with E-state index in [1.54, 1.807) is 0 Å². The smallest absolute Gasteiger partial charge is 0.213 e. The van der Waals surface area contributed by atoms with Crippen molar-refractivity contribution < 1.29 is 4.74 Å². The van der Waals surface area contributed by atoms with Gasteiger partial charge in [-0.1, -0.05) is 13.8 Å². The molecule has 1 unspecified atom stereocenters. The first-order chi connectivity index (χ1) is 9.69. The molecular weight excluding hydrogens is 248 g/mol. The van der Waals surface area contributed by atoms with Crippen LogP contribution < -0.4 is 10.1 Å². The molecular formula is C17H28N2O. The van der Waals surface area contributed by atoms with Crippen molar-refractivity contribution in [2.24, 2.45) is 5.92 Å². The molecule has 1 atom stereocenters. The fraction of sp³-hybridized carbons (Fsp3) is 0.706. The molecule has 0 amide bonds. The van der Waals surface area contributed by atoms with E-state index in [-0.39, 0.29) is 0 Å². The van der Waals surface area contributed by atoms with Crippen molar-refractivity contribution >= 4 is 0 Å². The Bertz CT molecular complexity index is 400. The molecule has 3 nitrogen and oxygen atoms in total. The Morgan fingerprint density at radius 2 is 2.10 bits per heavy atom. The van der Waals surface area contributed by atoms with Crippen molar-refractivity contribution in [2.75, 3.05) is 6.54 Å². The topological polar surface area (TPSA) is 34.2 Å². The van der Waals surface area contributed by atoms with E-state index in [4.69, 9.17) is 4.74 Å². The van der Waals surface area contributed by atoms with Crippen molar-refractivity contribution in [3.05, 3.63) is 23.9 Å². The van der Waals surface area contributed by atoms with Crippen LogP contribution in [-0.2, 0) is 0 Å². The highest BCUT2D eigenvalue weighted by Gasteiger charge is 2.20. The summed E-state index contributed by atoms with van der Waals surface area (Å²) in [7, 11) is 0. The molecule has 20 heavy (non-hydrogen) atoms. The molecule has 1 heterocycles. The minimum Gasteiger partial charge on any atom is -0.474 e. The average molecular weight is 276 g/mol. The summed E-state index contributed by atoms with van der Waals surface area (Å²) < 4.78 is 6.06. The van der Waals surface area contributed by atoms with Gasteiger partial charge in [-0.15, -0.1) is 0 Å². The number of rotatable bonds is 6. The molecule has 1 aromatic rings. The molecule has 2 rings (SSSR count). The summed E-state index contributed by atoms with van der Waals surface area (Å²) in [4.78, 5) is 4.37. The molecule has 1 aliphatic rings. The van der Waals surface area contributed by atoms with Gasteiger partial charge in [0.05, 0.1) is 0 Å². The van der Waals surface area contributed by atoms with Gasteiger partial charge in [0.1, 0.15) is 6.10 Å². The molecule has 0 spiro atoms. The maximum absolute atomic E-state index is 6.06. The normalized spacial score (nSPS) is 24.4. The van der Waals surface area contributed by atoms with Gasteiger partial charge in [-0.05, 0) is 63.1 Å². The maximum Gasteiger partial charge on any atom is 0.213 e. The van der Waals surface area contributed by atoms with Crippen LogP contribution in [-0.4, -0.2) is 17.6 Å². The molecule has 1 fully saturated rings. The highest BCUT2D eigenvalue weighted by atomic mass is 16.5. The summed E-state index contributed by atoms with van der Waals surface area (Å²) in [5, 5.41) is 3.50. The molecule has 0 aromatic carbocycles. The molecule has 0 bridgehead atoms. The van der Waals surface area contributed by atoms with Crippen molar-refractivity contribution in [1.29, 1.82) is 0 Å². The standard InChI is InChI=1S/C17H28N2O/c1-4-10-18-14(3)15-9-11-19-17(12-15)20-16-7-5-13(2)6-8-16/h9,11-14,16,18H,4-8,10H2,1-3H3. The Hall–Kier alpha value is -1.09. The van der Waals surface area contributed by atoms with Gasteiger partial charge >= 0.3 is 0 Å². The Morgan fingerprint density at radius 1 is 1.35 bits per heavy atom. The third-order valence-electron chi connectivity index (χ3n) is 4.21. The summed E-state index contributed by atoms with van der Waals surface area (Å²) in [6.45, 7) is 7.75. The predicted octanol–water partition coefficient (Wildman–Crippen LogP) is 4.10. The molecule has 3 heteroatoms. The highest BCUT2D eigenvalue weighted by Crippen LogP contribution is 2.27. The second-order valence-electron chi connectivity index (χ2n) is 6.10. The van der Waals surface area contributed by atoms with Crippen LogP contribution in [0.4, 0.5) is 0 Å². The van der Waals surface area contributed by atoms with E-state index in [1.807, 2.05) is 6.20 Å². The molecule has 0 saturated heterocycles. The van der Waals surface area contributed by atoms with Gasteiger partial charge in [0, 0.05) is 18.3 Å². The van der Waals surface area contributed by atoms with Crippen LogP contribution in [0.1, 0.15) is 64.5 Å². The quantitative estimate of drug-likeness (QED) is 0.849. The SMILES string of the molecule is CCCNC(C)c1ccnc(OC2CCC(C)CC2)c1. The first-order valence-corrected chi connectivity index (χ1v) is 8.05. The van der Waals surface area contributed by atoms with E-state index in [1.165, 1.54) is 18.4 Å². The van der Waals surface area contributed by atoms with Gasteiger partial charge < -0.3 is 10.1 Å². The van der Waals surface area contributed by atoms with Gasteiger partial charge in [-0.25, -0.2) is 4.98 Å². The number of nitrogens with zero attached hydrogens (tertiary/aromatic N) is 1. The number of hydrogen-bond acceptors (Lipinski definition) is 3. The first-order valence-electron chi connectivity index (χ1n) is 8.05. The second-order valence-corrected chi connectivity index (χ2v) is 6.10. The minimum atomic E-state index is 0.353. The van der Waals surface area contributed by atoms with Crippen molar-refractivity contribution in [1.82, 2.24) is 10.3 Å². The molecule has 1 saturated carbocycles. The number of ether oxygens (including phenoxy) is 1. The van der Waals surface area contributed by atoms with E-state index in [2.05, 4.69) is 43.2 Å². The van der Waals surface area contributed by atoms with E-state index in [0.717, 1.165) is 37.6 Å². The fourth-order valence-corrected chi connectivity index (χ4v) is 2.76. The zero-order chi connectivity index (χ0) is 14.4.